The third-order valence-electron chi connectivity index (χ3n) is 7.40. The molecule has 34 heavy (non-hydrogen) atoms. The number of aromatic nitrogens is 2. The highest BCUT2D eigenvalue weighted by Gasteiger charge is 2.42. The maximum absolute atomic E-state index is 14.2. The first kappa shape index (κ1) is 21.8. The first-order valence-corrected chi connectivity index (χ1v) is 12.8. The highest BCUT2D eigenvalue weighted by molar-refractivity contribution is 7.99. The van der Waals surface area contributed by atoms with E-state index < -0.39 is 0 Å². The molecule has 1 saturated heterocycles. The standard InChI is InChI=1S/C26H26F2N4OS/c1-16-20(25(33)31-12-13-34-26(31)29-16)8-10-30-11-9-24-22(15-30)21-14-18(28)4-7-23(21)32(24)19-5-2-17(27)3-6-19/h2-7,14,22,24H,8-13,15H2,1H3/t22-,24+/m0/s1. The highest BCUT2D eigenvalue weighted by Crippen LogP contribution is 2.48. The van der Waals surface area contributed by atoms with Gasteiger partial charge in [0, 0.05) is 66.5 Å². The Balaban J connectivity index is 1.24. The predicted molar refractivity (Wildman–Crippen MR) is 130 cm³/mol. The van der Waals surface area contributed by atoms with Crippen LogP contribution in [0.25, 0.3) is 0 Å². The summed E-state index contributed by atoms with van der Waals surface area (Å²) < 4.78 is 29.6. The van der Waals surface area contributed by atoms with Gasteiger partial charge in [-0.05, 0) is 67.8 Å². The first-order valence-electron chi connectivity index (χ1n) is 11.8. The van der Waals surface area contributed by atoms with Crippen LogP contribution in [0.3, 0.4) is 0 Å². The van der Waals surface area contributed by atoms with Gasteiger partial charge < -0.3 is 9.80 Å². The average Bonchev–Trinajstić information content (AvgIpc) is 3.42. The molecule has 2 atom stereocenters. The molecular formula is C26H26F2N4OS. The SMILES string of the molecule is Cc1nc2n(c(=O)c1CCN1CC[C@@H]3[C@@H](C1)c1cc(F)ccc1N3c1ccc(F)cc1)CCS2. The molecule has 8 heteroatoms. The molecule has 0 N–H and O–H groups in total. The van der Waals surface area contributed by atoms with Crippen molar-refractivity contribution in [2.45, 2.75) is 43.4 Å². The third-order valence-corrected chi connectivity index (χ3v) is 8.36. The van der Waals surface area contributed by atoms with Gasteiger partial charge in [0.1, 0.15) is 11.6 Å². The smallest absolute Gasteiger partial charge is 0.257 e. The Bertz CT molecular complexity index is 1310. The van der Waals surface area contributed by atoms with Crippen LogP contribution >= 0.6 is 11.8 Å². The van der Waals surface area contributed by atoms with Crippen LogP contribution in [0.1, 0.15) is 29.2 Å². The van der Waals surface area contributed by atoms with Crippen molar-refractivity contribution >= 4 is 23.1 Å². The van der Waals surface area contributed by atoms with Crippen LogP contribution < -0.4 is 10.5 Å². The van der Waals surface area contributed by atoms with Gasteiger partial charge in [-0.3, -0.25) is 9.36 Å². The fraction of sp³-hybridized carbons (Fsp3) is 0.385. The number of fused-ring (bicyclic) bond motifs is 4. The van der Waals surface area contributed by atoms with Gasteiger partial charge in [-0.15, -0.1) is 0 Å². The average molecular weight is 481 g/mol. The maximum atomic E-state index is 14.2. The number of nitrogens with zero attached hydrogens (tertiary/aromatic N) is 4. The lowest BCUT2D eigenvalue weighted by Crippen LogP contribution is -2.45. The Kier molecular flexibility index (Phi) is 5.45. The van der Waals surface area contributed by atoms with E-state index in [1.807, 2.05) is 13.0 Å². The summed E-state index contributed by atoms with van der Waals surface area (Å²) in [5.74, 6) is 0.558. The van der Waals surface area contributed by atoms with E-state index in [0.717, 1.165) is 71.7 Å². The molecule has 0 amide bonds. The number of piperidine rings is 1. The summed E-state index contributed by atoms with van der Waals surface area (Å²) in [6.07, 6.45) is 1.58. The molecule has 1 fully saturated rings. The molecule has 1 aromatic heterocycles. The van der Waals surface area contributed by atoms with Crippen LogP contribution in [0.4, 0.5) is 20.2 Å². The zero-order valence-corrected chi connectivity index (χ0v) is 19.8. The van der Waals surface area contributed by atoms with Gasteiger partial charge in [0.2, 0.25) is 0 Å². The van der Waals surface area contributed by atoms with Crippen LogP contribution in [0.2, 0.25) is 0 Å². The van der Waals surface area contributed by atoms with Crippen molar-refractivity contribution < 1.29 is 8.78 Å². The van der Waals surface area contributed by atoms with Gasteiger partial charge in [0.05, 0.1) is 0 Å². The van der Waals surface area contributed by atoms with E-state index >= 15 is 0 Å². The van der Waals surface area contributed by atoms with Crippen molar-refractivity contribution in [1.29, 1.82) is 0 Å². The van der Waals surface area contributed by atoms with Gasteiger partial charge in [0.25, 0.3) is 5.56 Å². The van der Waals surface area contributed by atoms with E-state index in [9.17, 15) is 13.6 Å². The second-order valence-electron chi connectivity index (χ2n) is 9.33. The molecule has 3 aromatic rings. The van der Waals surface area contributed by atoms with Gasteiger partial charge in [-0.25, -0.2) is 13.8 Å². The number of hydrogen-bond donors (Lipinski definition) is 0. The minimum Gasteiger partial charge on any atom is -0.337 e. The molecule has 0 aliphatic carbocycles. The van der Waals surface area contributed by atoms with Crippen molar-refractivity contribution in [3.8, 4) is 0 Å². The second-order valence-corrected chi connectivity index (χ2v) is 10.4. The molecule has 4 heterocycles. The molecule has 0 bridgehead atoms. The number of aryl methyl sites for hydroxylation is 1. The van der Waals surface area contributed by atoms with E-state index in [4.69, 9.17) is 0 Å². The molecule has 0 radical (unpaired) electrons. The van der Waals surface area contributed by atoms with E-state index in [0.29, 0.717) is 6.42 Å². The molecule has 0 spiro atoms. The summed E-state index contributed by atoms with van der Waals surface area (Å²) >= 11 is 1.64. The lowest BCUT2D eigenvalue weighted by Gasteiger charge is -2.39. The maximum Gasteiger partial charge on any atom is 0.257 e. The summed E-state index contributed by atoms with van der Waals surface area (Å²) in [6, 6.07) is 11.7. The van der Waals surface area contributed by atoms with Crippen LogP contribution in [0, 0.1) is 18.6 Å². The number of thioether (sulfide) groups is 1. The largest absolute Gasteiger partial charge is 0.337 e. The summed E-state index contributed by atoms with van der Waals surface area (Å²) in [7, 11) is 0. The minimum absolute atomic E-state index is 0.0955. The van der Waals surface area contributed by atoms with Crippen LogP contribution in [-0.4, -0.2) is 45.9 Å². The molecule has 0 saturated carbocycles. The van der Waals surface area contributed by atoms with E-state index in [1.165, 1.54) is 18.2 Å². The quantitative estimate of drug-likeness (QED) is 0.515. The number of halogens is 2. The Morgan fingerprint density at radius 1 is 1.09 bits per heavy atom. The van der Waals surface area contributed by atoms with Gasteiger partial charge >= 0.3 is 0 Å². The number of hydrogen-bond acceptors (Lipinski definition) is 5. The zero-order valence-electron chi connectivity index (χ0n) is 19.0. The normalized spacial score (nSPS) is 21.4. The van der Waals surface area contributed by atoms with Crippen LogP contribution in [-0.2, 0) is 13.0 Å². The van der Waals surface area contributed by atoms with E-state index in [1.54, 1.807) is 34.5 Å². The molecular weight excluding hydrogens is 454 g/mol. The molecule has 3 aliphatic heterocycles. The fourth-order valence-electron chi connectivity index (χ4n) is 5.75. The molecule has 176 valence electrons. The lowest BCUT2D eigenvalue weighted by atomic mass is 9.88. The molecule has 3 aliphatic rings. The lowest BCUT2D eigenvalue weighted by molar-refractivity contribution is 0.198. The molecule has 2 aromatic carbocycles. The number of anilines is 2. The number of rotatable bonds is 4. The Hall–Kier alpha value is -2.71. The van der Waals surface area contributed by atoms with Crippen molar-refractivity contribution in [2.24, 2.45) is 0 Å². The molecule has 6 rings (SSSR count). The Labute approximate surface area is 201 Å². The van der Waals surface area contributed by atoms with Crippen molar-refractivity contribution in [3.63, 3.8) is 0 Å². The summed E-state index contributed by atoms with van der Waals surface area (Å²) in [5.41, 5.74) is 4.67. The first-order chi connectivity index (χ1) is 16.5. The summed E-state index contributed by atoms with van der Waals surface area (Å²) in [5, 5.41) is 0.831. The fourth-order valence-corrected chi connectivity index (χ4v) is 6.73. The summed E-state index contributed by atoms with van der Waals surface area (Å²) in [4.78, 5) is 22.3. The van der Waals surface area contributed by atoms with Crippen molar-refractivity contribution in [2.75, 3.05) is 30.3 Å². The van der Waals surface area contributed by atoms with Gasteiger partial charge in [-0.2, -0.15) is 0 Å². The predicted octanol–water partition coefficient (Wildman–Crippen LogP) is 4.49. The number of benzene rings is 2. The summed E-state index contributed by atoms with van der Waals surface area (Å²) in [6.45, 7) is 5.12. The monoisotopic (exact) mass is 480 g/mol. The third kappa shape index (κ3) is 3.64. The van der Waals surface area contributed by atoms with Crippen molar-refractivity contribution in [3.05, 3.63) is 81.3 Å². The van der Waals surface area contributed by atoms with Crippen molar-refractivity contribution in [1.82, 2.24) is 14.5 Å². The highest BCUT2D eigenvalue weighted by atomic mass is 32.2. The minimum atomic E-state index is -0.264. The zero-order chi connectivity index (χ0) is 23.4. The molecule has 0 unspecified atom stereocenters. The van der Waals surface area contributed by atoms with E-state index in [-0.39, 0.29) is 29.2 Å². The van der Waals surface area contributed by atoms with Gasteiger partial charge in [-0.1, -0.05) is 11.8 Å². The second kappa shape index (κ2) is 8.50. The van der Waals surface area contributed by atoms with Crippen LogP contribution in [0.15, 0.2) is 52.4 Å². The Morgan fingerprint density at radius 3 is 2.71 bits per heavy atom. The van der Waals surface area contributed by atoms with E-state index in [2.05, 4.69) is 14.8 Å². The number of likely N-dealkylation sites (tertiary alicyclic amines) is 1. The van der Waals surface area contributed by atoms with Gasteiger partial charge in [0.15, 0.2) is 5.16 Å². The Morgan fingerprint density at radius 2 is 1.88 bits per heavy atom. The molecule has 5 nitrogen and oxygen atoms in total. The topological polar surface area (TPSA) is 41.4 Å². The van der Waals surface area contributed by atoms with Crippen LogP contribution in [0.5, 0.6) is 0 Å².